The highest BCUT2D eigenvalue weighted by atomic mass is 35.5. The standard InChI is InChI=1S/C14H13ClN2O3/c1-8-4-11(8)14(19)20-7-13(18)17-12-5-10(15)3-2-9(12)6-16/h2-3,5,8,11H,4,7H2,1H3,(H,17,18)/t8-,11-/m0/s1. The minimum absolute atomic E-state index is 0.0800. The quantitative estimate of drug-likeness (QED) is 0.864. The van der Waals surface area contributed by atoms with E-state index in [9.17, 15) is 9.59 Å². The van der Waals surface area contributed by atoms with Crippen LogP contribution in [0.5, 0.6) is 0 Å². The topological polar surface area (TPSA) is 79.2 Å². The van der Waals surface area contributed by atoms with E-state index in [-0.39, 0.29) is 18.5 Å². The number of nitrogens with one attached hydrogen (secondary N) is 1. The van der Waals surface area contributed by atoms with Crippen molar-refractivity contribution in [1.82, 2.24) is 0 Å². The number of hydrogen-bond acceptors (Lipinski definition) is 4. The summed E-state index contributed by atoms with van der Waals surface area (Å²) in [6.45, 7) is 1.59. The average Bonchev–Trinajstić information content (AvgIpc) is 3.13. The molecule has 0 heterocycles. The third-order valence-corrected chi connectivity index (χ3v) is 3.37. The van der Waals surface area contributed by atoms with Crippen LogP contribution in [0.25, 0.3) is 0 Å². The van der Waals surface area contributed by atoms with Crippen LogP contribution in [0.15, 0.2) is 18.2 Å². The van der Waals surface area contributed by atoms with Crippen LogP contribution < -0.4 is 5.32 Å². The average molecular weight is 293 g/mol. The summed E-state index contributed by atoms with van der Waals surface area (Å²) >= 11 is 5.80. The summed E-state index contributed by atoms with van der Waals surface area (Å²) in [6.07, 6.45) is 0.813. The molecule has 1 aromatic carbocycles. The highest BCUT2D eigenvalue weighted by Gasteiger charge is 2.40. The minimum atomic E-state index is -0.495. The van der Waals surface area contributed by atoms with Crippen molar-refractivity contribution >= 4 is 29.2 Å². The van der Waals surface area contributed by atoms with Gasteiger partial charge in [-0.05, 0) is 30.5 Å². The van der Waals surface area contributed by atoms with Crippen molar-refractivity contribution in [3.8, 4) is 6.07 Å². The molecule has 0 unspecified atom stereocenters. The van der Waals surface area contributed by atoms with Gasteiger partial charge in [-0.2, -0.15) is 5.26 Å². The van der Waals surface area contributed by atoms with E-state index in [2.05, 4.69) is 5.32 Å². The fourth-order valence-corrected chi connectivity index (χ4v) is 1.97. The molecule has 104 valence electrons. The van der Waals surface area contributed by atoms with Crippen molar-refractivity contribution in [3.05, 3.63) is 28.8 Å². The number of rotatable bonds is 4. The molecule has 2 atom stereocenters. The number of anilines is 1. The van der Waals surface area contributed by atoms with Crippen molar-refractivity contribution in [2.24, 2.45) is 11.8 Å². The first-order valence-corrected chi connectivity index (χ1v) is 6.55. The van der Waals surface area contributed by atoms with Gasteiger partial charge in [0.2, 0.25) is 0 Å². The van der Waals surface area contributed by atoms with Crippen LogP contribution in [-0.2, 0) is 14.3 Å². The van der Waals surface area contributed by atoms with E-state index in [1.807, 2.05) is 13.0 Å². The fraction of sp³-hybridized carbons (Fsp3) is 0.357. The zero-order valence-corrected chi connectivity index (χ0v) is 11.6. The van der Waals surface area contributed by atoms with E-state index in [1.165, 1.54) is 12.1 Å². The Morgan fingerprint density at radius 3 is 2.85 bits per heavy atom. The summed E-state index contributed by atoms with van der Waals surface area (Å²) in [5.41, 5.74) is 0.603. The number of nitriles is 1. The molecule has 1 aliphatic carbocycles. The number of amides is 1. The predicted octanol–water partition coefficient (Wildman–Crippen LogP) is 2.35. The molecule has 6 heteroatoms. The number of carbonyl (C=O) groups excluding carboxylic acids is 2. The molecule has 1 fully saturated rings. The molecule has 20 heavy (non-hydrogen) atoms. The first kappa shape index (κ1) is 14.4. The van der Waals surface area contributed by atoms with Gasteiger partial charge >= 0.3 is 5.97 Å². The monoisotopic (exact) mass is 292 g/mol. The molecule has 0 saturated heterocycles. The molecule has 2 rings (SSSR count). The fourth-order valence-electron chi connectivity index (χ4n) is 1.80. The maximum absolute atomic E-state index is 11.7. The molecule has 1 aromatic rings. The van der Waals surface area contributed by atoms with Gasteiger partial charge in [-0.1, -0.05) is 18.5 Å². The molecule has 0 spiro atoms. The minimum Gasteiger partial charge on any atom is -0.455 e. The number of esters is 1. The first-order chi connectivity index (χ1) is 9.51. The van der Waals surface area contributed by atoms with Gasteiger partial charge in [-0.25, -0.2) is 0 Å². The lowest BCUT2D eigenvalue weighted by Crippen LogP contribution is -2.22. The summed E-state index contributed by atoms with van der Waals surface area (Å²) in [4.78, 5) is 23.2. The Hall–Kier alpha value is -2.06. The highest BCUT2D eigenvalue weighted by Crippen LogP contribution is 2.38. The lowest BCUT2D eigenvalue weighted by Gasteiger charge is -2.08. The maximum Gasteiger partial charge on any atom is 0.309 e. The summed E-state index contributed by atoms with van der Waals surface area (Å²) in [7, 11) is 0. The van der Waals surface area contributed by atoms with Crippen LogP contribution >= 0.6 is 11.6 Å². The highest BCUT2D eigenvalue weighted by molar-refractivity contribution is 6.31. The molecule has 0 radical (unpaired) electrons. The second kappa shape index (κ2) is 5.93. The van der Waals surface area contributed by atoms with Crippen molar-refractivity contribution < 1.29 is 14.3 Å². The van der Waals surface area contributed by atoms with Gasteiger partial charge in [-0.15, -0.1) is 0 Å². The van der Waals surface area contributed by atoms with E-state index in [0.29, 0.717) is 22.2 Å². The summed E-state index contributed by atoms with van der Waals surface area (Å²) in [6, 6.07) is 6.49. The maximum atomic E-state index is 11.7. The van der Waals surface area contributed by atoms with Gasteiger partial charge in [0.15, 0.2) is 6.61 Å². The molecule has 1 aliphatic rings. The van der Waals surface area contributed by atoms with Crippen LogP contribution in [0, 0.1) is 23.2 Å². The van der Waals surface area contributed by atoms with Crippen molar-refractivity contribution in [3.63, 3.8) is 0 Å². The zero-order valence-electron chi connectivity index (χ0n) is 10.9. The summed E-state index contributed by atoms with van der Waals surface area (Å²) < 4.78 is 4.91. The lowest BCUT2D eigenvalue weighted by molar-refractivity contribution is -0.148. The molecule has 0 aliphatic heterocycles. The van der Waals surface area contributed by atoms with Crippen LogP contribution in [-0.4, -0.2) is 18.5 Å². The Balaban J connectivity index is 1.90. The molecule has 1 saturated carbocycles. The third kappa shape index (κ3) is 3.49. The van der Waals surface area contributed by atoms with E-state index >= 15 is 0 Å². The lowest BCUT2D eigenvalue weighted by atomic mass is 10.2. The molecule has 0 bridgehead atoms. The van der Waals surface area contributed by atoms with Gasteiger partial charge in [0, 0.05) is 5.02 Å². The Bertz CT molecular complexity index is 595. The Morgan fingerprint density at radius 2 is 2.25 bits per heavy atom. The Kier molecular flexibility index (Phi) is 4.26. The van der Waals surface area contributed by atoms with Gasteiger partial charge in [-0.3, -0.25) is 9.59 Å². The Morgan fingerprint density at radius 1 is 1.55 bits per heavy atom. The molecule has 1 N–H and O–H groups in total. The van der Waals surface area contributed by atoms with Crippen molar-refractivity contribution in [1.29, 1.82) is 5.26 Å². The second-order valence-corrected chi connectivity index (χ2v) is 5.21. The largest absolute Gasteiger partial charge is 0.455 e. The number of carbonyl (C=O) groups is 2. The van der Waals surface area contributed by atoms with E-state index < -0.39 is 5.91 Å². The number of hydrogen-bond donors (Lipinski definition) is 1. The van der Waals surface area contributed by atoms with E-state index in [0.717, 1.165) is 6.42 Å². The van der Waals surface area contributed by atoms with Crippen LogP contribution in [0.3, 0.4) is 0 Å². The summed E-state index contributed by atoms with van der Waals surface area (Å²) in [5, 5.41) is 11.8. The van der Waals surface area contributed by atoms with Gasteiger partial charge in [0.25, 0.3) is 5.91 Å². The smallest absolute Gasteiger partial charge is 0.309 e. The SMILES string of the molecule is C[C@H]1C[C@@H]1C(=O)OCC(=O)Nc1cc(Cl)ccc1C#N. The molecular weight excluding hydrogens is 280 g/mol. The van der Waals surface area contributed by atoms with Crippen LogP contribution in [0.2, 0.25) is 5.02 Å². The van der Waals surface area contributed by atoms with Crippen molar-refractivity contribution in [2.75, 3.05) is 11.9 Å². The predicted molar refractivity (Wildman–Crippen MR) is 73.0 cm³/mol. The molecule has 5 nitrogen and oxygen atoms in total. The second-order valence-electron chi connectivity index (χ2n) is 4.78. The molecular formula is C14H13ClN2O3. The van der Waals surface area contributed by atoms with Gasteiger partial charge in [0.1, 0.15) is 6.07 Å². The normalized spacial score (nSPS) is 19.9. The van der Waals surface area contributed by atoms with E-state index in [4.69, 9.17) is 21.6 Å². The van der Waals surface area contributed by atoms with E-state index in [1.54, 1.807) is 6.07 Å². The zero-order chi connectivity index (χ0) is 14.7. The van der Waals surface area contributed by atoms with Gasteiger partial charge in [0.05, 0.1) is 17.2 Å². The number of ether oxygens (including phenoxy) is 1. The third-order valence-electron chi connectivity index (χ3n) is 3.13. The number of benzene rings is 1. The summed E-state index contributed by atoms with van der Waals surface area (Å²) in [5.74, 6) is -0.586. The van der Waals surface area contributed by atoms with Gasteiger partial charge < -0.3 is 10.1 Å². The molecule has 0 aromatic heterocycles. The molecule has 1 amide bonds. The number of halogens is 1. The number of nitrogens with zero attached hydrogens (tertiary/aromatic N) is 1. The Labute approximate surface area is 121 Å². The van der Waals surface area contributed by atoms with Crippen molar-refractivity contribution in [2.45, 2.75) is 13.3 Å². The first-order valence-electron chi connectivity index (χ1n) is 6.17. The van der Waals surface area contributed by atoms with Crippen LogP contribution in [0.1, 0.15) is 18.9 Å². The van der Waals surface area contributed by atoms with Crippen LogP contribution in [0.4, 0.5) is 5.69 Å².